The molecule has 0 aromatic heterocycles. The van der Waals surface area contributed by atoms with Crippen molar-refractivity contribution in [2.24, 2.45) is 10.7 Å². The first-order chi connectivity index (χ1) is 8.47. The number of allylic oxidation sites excluding steroid dienone is 1. The van der Waals surface area contributed by atoms with E-state index in [9.17, 15) is 13.2 Å². The van der Waals surface area contributed by atoms with Gasteiger partial charge in [0.15, 0.2) is 0 Å². The fourth-order valence-corrected chi connectivity index (χ4v) is 2.91. The van der Waals surface area contributed by atoms with E-state index in [0.717, 1.165) is 31.9 Å². The lowest BCUT2D eigenvalue weighted by Crippen LogP contribution is -2.22. The molecule has 0 unspecified atom stereocenters. The number of aliphatic imine (C=N–C) groups is 1. The second-order valence-electron chi connectivity index (χ2n) is 3.99. The molecule has 0 radical (unpaired) electrons. The first-order valence-electron chi connectivity index (χ1n) is 5.43. The van der Waals surface area contributed by atoms with Gasteiger partial charge < -0.3 is 9.92 Å². The van der Waals surface area contributed by atoms with E-state index in [0.29, 0.717) is 6.20 Å². The monoisotopic (exact) mass is 394 g/mol. The molecule has 0 aromatic carbocycles. The predicted octanol–water partition coefficient (Wildman–Crippen LogP) is 3.79. The Morgan fingerprint density at radius 3 is 2.39 bits per heavy atom. The zero-order valence-electron chi connectivity index (χ0n) is 9.49. The van der Waals surface area contributed by atoms with E-state index in [2.05, 4.69) is 26.2 Å². The Hall–Kier alpha value is 0.0400. The van der Waals surface area contributed by atoms with Crippen molar-refractivity contribution >= 4 is 36.6 Å². The highest BCUT2D eigenvalue weighted by atomic mass is 127. The molecule has 0 spiro atoms. The van der Waals surface area contributed by atoms with Crippen LogP contribution >= 0.6 is 30.4 Å². The Kier molecular flexibility index (Phi) is 6.78. The molecule has 0 aromatic rings. The number of alkyl halides is 3. The Balaban J connectivity index is 2.45. The van der Waals surface area contributed by atoms with E-state index >= 15 is 0 Å². The van der Waals surface area contributed by atoms with Gasteiger partial charge in [-0.15, -0.1) is 0 Å². The van der Waals surface area contributed by atoms with Crippen molar-refractivity contribution in [1.82, 2.24) is 0 Å². The maximum absolute atomic E-state index is 12.4. The molecule has 1 aliphatic carbocycles. The van der Waals surface area contributed by atoms with Gasteiger partial charge in [0.05, 0.1) is 26.9 Å². The number of rotatable bonds is 4. The standard InChI is InChI=1S/C10H14F3IN2OS/c11-10(12,13)7(5-15)6-16-8-1-3-9(4-2-8)17-18-14/h5-6,8-9H,1-4,15H2/b7-5+,16-6?. The summed E-state index contributed by atoms with van der Waals surface area (Å²) < 4.78 is 42.5. The summed E-state index contributed by atoms with van der Waals surface area (Å²) in [5, 5.41) is 0. The fraction of sp³-hybridized carbons (Fsp3) is 0.700. The minimum atomic E-state index is -4.43. The molecule has 104 valence electrons. The number of nitrogens with two attached hydrogens (primary N) is 1. The number of hydrogen-bond acceptors (Lipinski definition) is 4. The zero-order chi connectivity index (χ0) is 13.6. The maximum atomic E-state index is 12.4. The lowest BCUT2D eigenvalue weighted by atomic mass is 9.93. The topological polar surface area (TPSA) is 47.6 Å². The molecule has 1 saturated carbocycles. The van der Waals surface area contributed by atoms with E-state index in [-0.39, 0.29) is 12.1 Å². The SMILES string of the molecule is N/C=C(\C=NC1CCC(OSI)CC1)C(F)(F)F. The van der Waals surface area contributed by atoms with Crippen LogP contribution in [0.25, 0.3) is 0 Å². The van der Waals surface area contributed by atoms with Gasteiger partial charge in [-0.3, -0.25) is 4.99 Å². The summed E-state index contributed by atoms with van der Waals surface area (Å²) in [4.78, 5) is 3.96. The molecule has 18 heavy (non-hydrogen) atoms. The second-order valence-corrected chi connectivity index (χ2v) is 5.38. The van der Waals surface area contributed by atoms with Crippen LogP contribution in [-0.4, -0.2) is 24.5 Å². The molecule has 0 aliphatic heterocycles. The van der Waals surface area contributed by atoms with Gasteiger partial charge in [-0.25, -0.2) is 0 Å². The maximum Gasteiger partial charge on any atom is 0.419 e. The van der Waals surface area contributed by atoms with Gasteiger partial charge in [0.2, 0.25) is 0 Å². The molecule has 1 rings (SSSR count). The second kappa shape index (κ2) is 7.59. The van der Waals surface area contributed by atoms with Crippen molar-refractivity contribution in [3.05, 3.63) is 11.8 Å². The summed E-state index contributed by atoms with van der Waals surface area (Å²) in [6.45, 7) is 0. The minimum Gasteiger partial charge on any atom is -0.404 e. The van der Waals surface area contributed by atoms with Crippen LogP contribution in [0.4, 0.5) is 13.2 Å². The van der Waals surface area contributed by atoms with E-state index < -0.39 is 11.7 Å². The van der Waals surface area contributed by atoms with E-state index in [1.165, 1.54) is 9.21 Å². The zero-order valence-corrected chi connectivity index (χ0v) is 12.5. The van der Waals surface area contributed by atoms with Gasteiger partial charge in [0, 0.05) is 33.6 Å². The van der Waals surface area contributed by atoms with Gasteiger partial charge in [-0.05, 0) is 25.7 Å². The first-order valence-corrected chi connectivity index (χ1v) is 8.72. The average molecular weight is 394 g/mol. The molecule has 0 atom stereocenters. The van der Waals surface area contributed by atoms with E-state index in [4.69, 9.17) is 9.92 Å². The summed E-state index contributed by atoms with van der Waals surface area (Å²) in [5.41, 5.74) is 4.04. The van der Waals surface area contributed by atoms with Gasteiger partial charge in [0.1, 0.15) is 0 Å². The van der Waals surface area contributed by atoms with Crippen LogP contribution in [0.1, 0.15) is 25.7 Å². The van der Waals surface area contributed by atoms with Crippen molar-refractivity contribution in [3.8, 4) is 0 Å². The summed E-state index contributed by atoms with van der Waals surface area (Å²) in [6.07, 6.45) is 0.269. The molecule has 3 nitrogen and oxygen atoms in total. The minimum absolute atomic E-state index is 0.0682. The largest absolute Gasteiger partial charge is 0.419 e. The number of halogens is 4. The molecule has 0 bridgehead atoms. The molecular weight excluding hydrogens is 380 g/mol. The third-order valence-electron chi connectivity index (χ3n) is 2.75. The van der Waals surface area contributed by atoms with Crippen LogP contribution in [0.15, 0.2) is 16.8 Å². The third-order valence-corrected chi connectivity index (χ3v) is 3.72. The van der Waals surface area contributed by atoms with Crippen molar-refractivity contribution in [1.29, 1.82) is 0 Å². The van der Waals surface area contributed by atoms with Crippen LogP contribution in [0.2, 0.25) is 0 Å². The molecule has 1 fully saturated rings. The van der Waals surface area contributed by atoms with Gasteiger partial charge in [-0.1, -0.05) is 0 Å². The molecule has 0 amide bonds. The average Bonchev–Trinajstić information content (AvgIpc) is 2.30. The van der Waals surface area contributed by atoms with E-state index in [1.807, 2.05) is 0 Å². The summed E-state index contributed by atoms with van der Waals surface area (Å²) >= 11 is 2.05. The van der Waals surface area contributed by atoms with Gasteiger partial charge in [-0.2, -0.15) is 13.2 Å². The molecule has 1 aliphatic rings. The number of nitrogens with zero attached hydrogens (tertiary/aromatic N) is 1. The Labute approximate surface area is 120 Å². The van der Waals surface area contributed by atoms with Crippen molar-refractivity contribution < 1.29 is 17.4 Å². The fourth-order valence-electron chi connectivity index (χ4n) is 1.74. The van der Waals surface area contributed by atoms with Crippen LogP contribution < -0.4 is 5.73 Å². The Morgan fingerprint density at radius 1 is 1.33 bits per heavy atom. The van der Waals surface area contributed by atoms with Crippen LogP contribution in [0, 0.1) is 0 Å². The van der Waals surface area contributed by atoms with Crippen molar-refractivity contribution in [2.45, 2.75) is 44.0 Å². The summed E-state index contributed by atoms with van der Waals surface area (Å²) in [7, 11) is 1.29. The lowest BCUT2D eigenvalue weighted by molar-refractivity contribution is -0.0858. The van der Waals surface area contributed by atoms with Gasteiger partial charge in [0.25, 0.3) is 0 Å². The predicted molar refractivity (Wildman–Crippen MR) is 75.6 cm³/mol. The van der Waals surface area contributed by atoms with Gasteiger partial charge >= 0.3 is 6.18 Å². The summed E-state index contributed by atoms with van der Waals surface area (Å²) in [6, 6.07) is -0.0682. The quantitative estimate of drug-likeness (QED) is 0.449. The first kappa shape index (κ1) is 16.1. The Morgan fingerprint density at radius 2 is 1.94 bits per heavy atom. The number of hydrogen-bond donors (Lipinski definition) is 1. The molecule has 0 saturated heterocycles. The van der Waals surface area contributed by atoms with Crippen LogP contribution in [0.5, 0.6) is 0 Å². The smallest absolute Gasteiger partial charge is 0.404 e. The Bertz CT molecular complexity index is 315. The third kappa shape index (κ3) is 5.35. The molecule has 0 heterocycles. The highest BCUT2D eigenvalue weighted by Crippen LogP contribution is 2.29. The molecule has 2 N–H and O–H groups in total. The lowest BCUT2D eigenvalue weighted by Gasteiger charge is -2.24. The molecule has 8 heteroatoms. The normalized spacial score (nSPS) is 26.8. The van der Waals surface area contributed by atoms with Crippen molar-refractivity contribution in [2.75, 3.05) is 0 Å². The van der Waals surface area contributed by atoms with Crippen LogP contribution in [-0.2, 0) is 4.18 Å². The van der Waals surface area contributed by atoms with Crippen LogP contribution in [0.3, 0.4) is 0 Å². The highest BCUT2D eigenvalue weighted by molar-refractivity contribution is 14.2. The highest BCUT2D eigenvalue weighted by Gasteiger charge is 2.32. The summed E-state index contributed by atoms with van der Waals surface area (Å²) in [5.74, 6) is 0. The molecular formula is C10H14F3IN2OS. The van der Waals surface area contributed by atoms with E-state index in [1.54, 1.807) is 0 Å². The van der Waals surface area contributed by atoms with Crippen molar-refractivity contribution in [3.63, 3.8) is 0 Å².